The highest BCUT2D eigenvalue weighted by molar-refractivity contribution is 7.89. The van der Waals surface area contributed by atoms with Crippen LogP contribution < -0.4 is 4.74 Å². The summed E-state index contributed by atoms with van der Waals surface area (Å²) < 4.78 is 39.1. The van der Waals surface area contributed by atoms with Gasteiger partial charge in [-0.25, -0.2) is 8.42 Å². The molecule has 0 N–H and O–H groups in total. The fourth-order valence-corrected chi connectivity index (χ4v) is 4.97. The fraction of sp³-hybridized carbons (Fsp3) is 0.474. The molecule has 0 aliphatic heterocycles. The average molecular weight is 365 g/mol. The molecular formula is C19H27NO4S. The topological polar surface area (TPSA) is 59.8 Å². The Labute approximate surface area is 150 Å². The van der Waals surface area contributed by atoms with Gasteiger partial charge < -0.3 is 9.15 Å². The van der Waals surface area contributed by atoms with Crippen molar-refractivity contribution in [2.75, 3.05) is 7.11 Å². The molecule has 1 aromatic carbocycles. The van der Waals surface area contributed by atoms with Crippen LogP contribution >= 0.6 is 0 Å². The molecule has 0 saturated carbocycles. The zero-order valence-corrected chi connectivity index (χ0v) is 16.6. The number of methoxy groups -OCH3 is 1. The first-order chi connectivity index (χ1) is 11.7. The molecule has 1 heterocycles. The van der Waals surface area contributed by atoms with Gasteiger partial charge in [-0.2, -0.15) is 4.31 Å². The molecular weight excluding hydrogens is 338 g/mol. The van der Waals surface area contributed by atoms with Crippen molar-refractivity contribution in [2.45, 2.75) is 58.5 Å². The number of furan rings is 1. The molecule has 138 valence electrons. The standard InChI is InChI=1S/C19H27NO4S/c1-7-16-8-9-17(24-16)12-20(13(2)3)25(21,22)19-14(4)10-18(23-6)11-15(19)5/h8-11,13H,7,12H2,1-6H3. The van der Waals surface area contributed by atoms with Gasteiger partial charge in [0.1, 0.15) is 17.3 Å². The van der Waals surface area contributed by atoms with Gasteiger partial charge in [0.25, 0.3) is 0 Å². The van der Waals surface area contributed by atoms with Crippen molar-refractivity contribution in [3.8, 4) is 5.75 Å². The normalized spacial score (nSPS) is 12.2. The van der Waals surface area contributed by atoms with Crippen LogP contribution in [0.4, 0.5) is 0 Å². The molecule has 0 fully saturated rings. The Bertz CT molecular complexity index is 814. The zero-order chi connectivity index (χ0) is 18.8. The fourth-order valence-electron chi connectivity index (χ4n) is 2.95. The summed E-state index contributed by atoms with van der Waals surface area (Å²) in [6.07, 6.45) is 0.783. The molecule has 1 aromatic heterocycles. The predicted octanol–water partition coefficient (Wildman–Crippen LogP) is 4.07. The highest BCUT2D eigenvalue weighted by Gasteiger charge is 2.31. The second kappa shape index (κ2) is 7.62. The van der Waals surface area contributed by atoms with E-state index in [0.29, 0.717) is 27.5 Å². The SMILES string of the molecule is CCc1ccc(CN(C(C)C)S(=O)(=O)c2c(C)cc(OC)cc2C)o1. The minimum Gasteiger partial charge on any atom is -0.497 e. The molecule has 2 rings (SSSR count). The third kappa shape index (κ3) is 4.07. The maximum absolute atomic E-state index is 13.3. The lowest BCUT2D eigenvalue weighted by molar-refractivity contribution is 0.312. The van der Waals surface area contributed by atoms with Crippen LogP contribution in [0.15, 0.2) is 33.6 Å². The van der Waals surface area contributed by atoms with Gasteiger partial charge in [0.05, 0.1) is 18.6 Å². The highest BCUT2D eigenvalue weighted by Crippen LogP contribution is 2.30. The molecule has 0 aliphatic rings. The Morgan fingerprint density at radius 1 is 1.12 bits per heavy atom. The number of sulfonamides is 1. The van der Waals surface area contributed by atoms with Gasteiger partial charge in [-0.3, -0.25) is 0 Å². The van der Waals surface area contributed by atoms with E-state index in [1.165, 1.54) is 4.31 Å². The number of hydrogen-bond donors (Lipinski definition) is 0. The zero-order valence-electron chi connectivity index (χ0n) is 15.8. The largest absolute Gasteiger partial charge is 0.497 e. The van der Waals surface area contributed by atoms with Gasteiger partial charge in [-0.1, -0.05) is 6.92 Å². The molecule has 5 nitrogen and oxygen atoms in total. The average Bonchev–Trinajstić information content (AvgIpc) is 2.98. The summed E-state index contributed by atoms with van der Waals surface area (Å²) in [4.78, 5) is 0.337. The van der Waals surface area contributed by atoms with Crippen LogP contribution in [0.25, 0.3) is 0 Å². The summed E-state index contributed by atoms with van der Waals surface area (Å²) in [5, 5.41) is 0. The van der Waals surface area contributed by atoms with E-state index < -0.39 is 10.0 Å². The van der Waals surface area contributed by atoms with Crippen molar-refractivity contribution in [3.63, 3.8) is 0 Å². The Hall–Kier alpha value is -1.79. The lowest BCUT2D eigenvalue weighted by Gasteiger charge is -2.27. The first kappa shape index (κ1) is 19.5. The molecule has 0 aliphatic carbocycles. The number of nitrogens with zero attached hydrogens (tertiary/aromatic N) is 1. The maximum atomic E-state index is 13.3. The number of benzene rings is 1. The van der Waals surface area contributed by atoms with E-state index >= 15 is 0 Å². The molecule has 25 heavy (non-hydrogen) atoms. The number of aryl methyl sites for hydroxylation is 3. The van der Waals surface area contributed by atoms with E-state index in [2.05, 4.69) is 0 Å². The first-order valence-electron chi connectivity index (χ1n) is 8.45. The molecule has 0 amide bonds. The third-order valence-corrected chi connectivity index (χ3v) is 6.52. The van der Waals surface area contributed by atoms with E-state index in [9.17, 15) is 8.42 Å². The second-order valence-electron chi connectivity index (χ2n) is 6.46. The first-order valence-corrected chi connectivity index (χ1v) is 9.89. The molecule has 0 radical (unpaired) electrons. The van der Waals surface area contributed by atoms with Crippen LogP contribution in [0.2, 0.25) is 0 Å². The lowest BCUT2D eigenvalue weighted by Crippen LogP contribution is -2.37. The van der Waals surface area contributed by atoms with Crippen molar-refractivity contribution in [1.82, 2.24) is 4.31 Å². The van der Waals surface area contributed by atoms with Gasteiger partial charge in [0.15, 0.2) is 0 Å². The molecule has 0 spiro atoms. The van der Waals surface area contributed by atoms with Crippen LogP contribution in [0.3, 0.4) is 0 Å². The van der Waals surface area contributed by atoms with Crippen LogP contribution in [-0.4, -0.2) is 25.9 Å². The number of hydrogen-bond acceptors (Lipinski definition) is 4. The van der Waals surface area contributed by atoms with Crippen molar-refractivity contribution in [1.29, 1.82) is 0 Å². The summed E-state index contributed by atoms with van der Waals surface area (Å²) in [5.41, 5.74) is 1.35. The monoisotopic (exact) mass is 365 g/mol. The summed E-state index contributed by atoms with van der Waals surface area (Å²) in [7, 11) is -2.09. The summed E-state index contributed by atoms with van der Waals surface area (Å²) in [6, 6.07) is 7.05. The van der Waals surface area contributed by atoms with Crippen LogP contribution in [0.5, 0.6) is 5.75 Å². The van der Waals surface area contributed by atoms with Crippen molar-refractivity contribution in [2.24, 2.45) is 0 Å². The van der Waals surface area contributed by atoms with Crippen LogP contribution in [0.1, 0.15) is 43.4 Å². The molecule has 0 unspecified atom stereocenters. The molecule has 0 atom stereocenters. The van der Waals surface area contributed by atoms with E-state index in [-0.39, 0.29) is 12.6 Å². The Morgan fingerprint density at radius 2 is 1.68 bits per heavy atom. The number of ether oxygens (including phenoxy) is 1. The Morgan fingerprint density at radius 3 is 2.12 bits per heavy atom. The molecule has 0 saturated heterocycles. The quantitative estimate of drug-likeness (QED) is 0.742. The van der Waals surface area contributed by atoms with Crippen LogP contribution in [-0.2, 0) is 23.0 Å². The van der Waals surface area contributed by atoms with Gasteiger partial charge >= 0.3 is 0 Å². The second-order valence-corrected chi connectivity index (χ2v) is 8.28. The minimum absolute atomic E-state index is 0.193. The summed E-state index contributed by atoms with van der Waals surface area (Å²) in [6.45, 7) is 9.55. The van der Waals surface area contributed by atoms with E-state index in [1.54, 1.807) is 33.1 Å². The molecule has 0 bridgehead atoms. The van der Waals surface area contributed by atoms with Crippen molar-refractivity contribution < 1.29 is 17.6 Å². The highest BCUT2D eigenvalue weighted by atomic mass is 32.2. The van der Waals surface area contributed by atoms with Gasteiger partial charge in [0, 0.05) is 12.5 Å². The minimum atomic E-state index is -3.66. The molecule has 6 heteroatoms. The van der Waals surface area contributed by atoms with Crippen LogP contribution in [0, 0.1) is 13.8 Å². The lowest BCUT2D eigenvalue weighted by atomic mass is 10.1. The van der Waals surface area contributed by atoms with Gasteiger partial charge in [-0.15, -0.1) is 0 Å². The summed E-state index contributed by atoms with van der Waals surface area (Å²) in [5.74, 6) is 2.16. The van der Waals surface area contributed by atoms with E-state index in [4.69, 9.17) is 9.15 Å². The Balaban J connectivity index is 2.46. The van der Waals surface area contributed by atoms with Gasteiger partial charge in [0.2, 0.25) is 10.0 Å². The summed E-state index contributed by atoms with van der Waals surface area (Å²) >= 11 is 0. The maximum Gasteiger partial charge on any atom is 0.244 e. The van der Waals surface area contributed by atoms with E-state index in [1.807, 2.05) is 32.9 Å². The van der Waals surface area contributed by atoms with Crippen molar-refractivity contribution >= 4 is 10.0 Å². The third-order valence-electron chi connectivity index (χ3n) is 4.19. The predicted molar refractivity (Wildman–Crippen MR) is 98.4 cm³/mol. The van der Waals surface area contributed by atoms with Gasteiger partial charge in [-0.05, 0) is 63.1 Å². The number of rotatable bonds is 7. The molecule has 2 aromatic rings. The van der Waals surface area contributed by atoms with E-state index in [0.717, 1.165) is 12.2 Å². The smallest absolute Gasteiger partial charge is 0.244 e. The Kier molecular flexibility index (Phi) is 5.95. The van der Waals surface area contributed by atoms with Crippen molar-refractivity contribution in [3.05, 3.63) is 46.9 Å².